The summed E-state index contributed by atoms with van der Waals surface area (Å²) in [7, 11) is 0. The molecule has 2 N–H and O–H groups in total. The molecule has 1 amide bonds. The number of hydrogen-bond donors (Lipinski definition) is 2. The van der Waals surface area contributed by atoms with Crippen molar-refractivity contribution >= 4 is 17.2 Å². The number of fused-ring (bicyclic) bond motifs is 1. The summed E-state index contributed by atoms with van der Waals surface area (Å²) in [5.74, 6) is 1.56. The minimum absolute atomic E-state index is 0.00361. The van der Waals surface area contributed by atoms with E-state index >= 15 is 0 Å². The fourth-order valence-electron chi connectivity index (χ4n) is 5.91. The lowest BCUT2D eigenvalue weighted by Gasteiger charge is -2.46. The van der Waals surface area contributed by atoms with Crippen molar-refractivity contribution in [3.05, 3.63) is 42.4 Å². The third-order valence-corrected chi connectivity index (χ3v) is 8.33. The minimum Gasteiger partial charge on any atom is -0.492 e. The van der Waals surface area contributed by atoms with Crippen molar-refractivity contribution in [3.63, 3.8) is 0 Å². The molecule has 5 heterocycles. The maximum Gasteiger partial charge on any atom is 0.220 e. The van der Waals surface area contributed by atoms with Crippen molar-refractivity contribution in [2.75, 3.05) is 57.4 Å². The summed E-state index contributed by atoms with van der Waals surface area (Å²) in [6.07, 6.45) is 7.80. The SMILES string of the molecule is CCOc1cc(-c2ccc(N3CCC(CN4CCOCC4)(NC(=O)CC[C@H](O)CC)CC3)nc2)c2c(C#N)cnn2c1. The molecule has 5 rings (SSSR count). The maximum atomic E-state index is 13.0. The van der Waals surface area contributed by atoms with Gasteiger partial charge < -0.3 is 24.8 Å². The number of rotatable bonds is 11. The number of ether oxygens (including phenoxy) is 2. The van der Waals surface area contributed by atoms with Gasteiger partial charge >= 0.3 is 0 Å². The van der Waals surface area contributed by atoms with E-state index in [0.29, 0.717) is 50.4 Å². The molecule has 0 aromatic carbocycles. The predicted octanol–water partition coefficient (Wildman–Crippen LogP) is 3.01. The van der Waals surface area contributed by atoms with Gasteiger partial charge in [-0.05, 0) is 50.8 Å². The Morgan fingerprint density at radius 3 is 2.67 bits per heavy atom. The van der Waals surface area contributed by atoms with Gasteiger partial charge in [0.2, 0.25) is 5.91 Å². The number of aliphatic hydroxyl groups excluding tert-OH is 1. The number of nitrogens with one attached hydrogen (secondary N) is 1. The summed E-state index contributed by atoms with van der Waals surface area (Å²) in [6.45, 7) is 9.85. The number of piperidine rings is 1. The van der Waals surface area contributed by atoms with E-state index in [1.807, 2.05) is 38.2 Å². The van der Waals surface area contributed by atoms with E-state index in [4.69, 9.17) is 14.5 Å². The van der Waals surface area contributed by atoms with Crippen molar-refractivity contribution in [2.45, 2.75) is 57.6 Å². The van der Waals surface area contributed by atoms with Crippen LogP contribution in [0.3, 0.4) is 0 Å². The Kier molecular flexibility index (Phi) is 9.57. The highest BCUT2D eigenvalue weighted by Gasteiger charge is 2.38. The molecule has 2 saturated heterocycles. The molecule has 2 fully saturated rings. The van der Waals surface area contributed by atoms with Crippen LogP contribution in [0.1, 0.15) is 51.5 Å². The second kappa shape index (κ2) is 13.5. The van der Waals surface area contributed by atoms with Gasteiger partial charge in [0.15, 0.2) is 0 Å². The molecular weight excluding hydrogens is 534 g/mol. The van der Waals surface area contributed by atoms with E-state index in [2.05, 4.69) is 26.3 Å². The average Bonchev–Trinajstić information content (AvgIpc) is 3.44. The van der Waals surface area contributed by atoms with Gasteiger partial charge in [-0.15, -0.1) is 0 Å². The molecule has 11 nitrogen and oxygen atoms in total. The Morgan fingerprint density at radius 1 is 1.21 bits per heavy atom. The summed E-state index contributed by atoms with van der Waals surface area (Å²) in [5, 5.41) is 27.3. The largest absolute Gasteiger partial charge is 0.492 e. The van der Waals surface area contributed by atoms with Crippen LogP contribution in [0.25, 0.3) is 16.6 Å². The number of amides is 1. The molecule has 0 saturated carbocycles. The van der Waals surface area contributed by atoms with Crippen LogP contribution in [0.4, 0.5) is 5.82 Å². The van der Waals surface area contributed by atoms with Gasteiger partial charge in [0.25, 0.3) is 0 Å². The molecule has 0 aliphatic carbocycles. The summed E-state index contributed by atoms with van der Waals surface area (Å²) in [4.78, 5) is 22.4. The van der Waals surface area contributed by atoms with Crippen molar-refractivity contribution in [3.8, 4) is 22.9 Å². The number of nitrogens with zero attached hydrogens (tertiary/aromatic N) is 6. The van der Waals surface area contributed by atoms with Crippen molar-refractivity contribution in [1.82, 2.24) is 24.8 Å². The number of aromatic nitrogens is 3. The van der Waals surface area contributed by atoms with Crippen molar-refractivity contribution in [2.24, 2.45) is 0 Å². The monoisotopic (exact) mass is 575 g/mol. The highest BCUT2D eigenvalue weighted by Crippen LogP contribution is 2.32. The summed E-state index contributed by atoms with van der Waals surface area (Å²) >= 11 is 0. The van der Waals surface area contributed by atoms with E-state index in [1.54, 1.807) is 16.9 Å². The number of aliphatic hydroxyl groups is 1. The van der Waals surface area contributed by atoms with Crippen LogP contribution < -0.4 is 15.0 Å². The quantitative estimate of drug-likeness (QED) is 0.355. The number of anilines is 1. The second-order valence-corrected chi connectivity index (χ2v) is 11.2. The second-order valence-electron chi connectivity index (χ2n) is 11.2. The first-order valence-electron chi connectivity index (χ1n) is 15.0. The summed E-state index contributed by atoms with van der Waals surface area (Å²) in [5.41, 5.74) is 2.61. The van der Waals surface area contributed by atoms with E-state index in [1.165, 1.54) is 0 Å². The van der Waals surface area contributed by atoms with Crippen LogP contribution in [0.5, 0.6) is 5.75 Å². The van der Waals surface area contributed by atoms with E-state index in [9.17, 15) is 15.2 Å². The average molecular weight is 576 g/mol. The minimum atomic E-state index is -0.444. The number of morpholine rings is 1. The molecule has 3 aromatic rings. The third kappa shape index (κ3) is 6.84. The fraction of sp³-hybridized carbons (Fsp3) is 0.548. The lowest BCUT2D eigenvalue weighted by Crippen LogP contribution is -2.61. The molecule has 2 aliphatic heterocycles. The van der Waals surface area contributed by atoms with Crippen molar-refractivity contribution < 1.29 is 19.4 Å². The number of pyridine rings is 2. The normalized spacial score (nSPS) is 18.0. The molecule has 3 aromatic heterocycles. The lowest BCUT2D eigenvalue weighted by molar-refractivity contribution is -0.124. The van der Waals surface area contributed by atoms with Crippen LogP contribution in [-0.4, -0.2) is 94.7 Å². The summed E-state index contributed by atoms with van der Waals surface area (Å²) in [6, 6.07) is 8.21. The van der Waals surface area contributed by atoms with Crippen LogP contribution in [0.15, 0.2) is 36.8 Å². The van der Waals surface area contributed by atoms with Gasteiger partial charge in [-0.1, -0.05) is 6.92 Å². The molecule has 0 bridgehead atoms. The molecule has 1 atom stereocenters. The first kappa shape index (κ1) is 29.8. The Labute approximate surface area is 247 Å². The van der Waals surface area contributed by atoms with Crippen molar-refractivity contribution in [1.29, 1.82) is 5.26 Å². The molecule has 0 unspecified atom stereocenters. The van der Waals surface area contributed by atoms with Crippen LogP contribution >= 0.6 is 0 Å². The third-order valence-electron chi connectivity index (χ3n) is 8.33. The standard InChI is InChI=1S/C31H41N7O4/c1-3-25(39)6-8-29(40)35-31(22-36-13-15-41-16-14-36)9-11-37(12-10-31)28-7-5-23(19-33-28)27-17-26(42-4-2)21-38-30(27)24(18-32)20-34-38/h5,7,17,19-21,25,39H,3-4,6,8-16,22H2,1-2H3,(H,35,40)/t25-/m1/s1. The molecule has 11 heteroatoms. The fourth-order valence-corrected chi connectivity index (χ4v) is 5.91. The first-order valence-corrected chi connectivity index (χ1v) is 15.0. The van der Waals surface area contributed by atoms with E-state index < -0.39 is 6.10 Å². The Balaban J connectivity index is 1.31. The zero-order valence-corrected chi connectivity index (χ0v) is 24.6. The molecule has 0 radical (unpaired) electrons. The molecule has 0 spiro atoms. The zero-order valence-electron chi connectivity index (χ0n) is 24.6. The van der Waals surface area contributed by atoms with Gasteiger partial charge in [-0.25, -0.2) is 9.50 Å². The molecule has 42 heavy (non-hydrogen) atoms. The Bertz CT molecular complexity index is 1390. The van der Waals surface area contributed by atoms with Gasteiger partial charge in [0.05, 0.1) is 54.9 Å². The maximum absolute atomic E-state index is 13.0. The van der Waals surface area contributed by atoms with E-state index in [-0.39, 0.29) is 11.4 Å². The number of carbonyl (C=O) groups is 1. The number of carbonyl (C=O) groups excluding carboxylic acids is 1. The van der Waals surface area contributed by atoms with Gasteiger partial charge in [-0.3, -0.25) is 9.69 Å². The van der Waals surface area contributed by atoms with Gasteiger partial charge in [0, 0.05) is 56.5 Å². The van der Waals surface area contributed by atoms with Gasteiger partial charge in [-0.2, -0.15) is 10.4 Å². The van der Waals surface area contributed by atoms with Crippen LogP contribution in [0, 0.1) is 11.3 Å². The van der Waals surface area contributed by atoms with E-state index in [0.717, 1.165) is 68.0 Å². The van der Waals surface area contributed by atoms with Gasteiger partial charge in [0.1, 0.15) is 17.6 Å². The number of nitriles is 1. The Hall–Kier alpha value is -3.72. The highest BCUT2D eigenvalue weighted by molar-refractivity contribution is 5.85. The molecule has 224 valence electrons. The smallest absolute Gasteiger partial charge is 0.220 e. The summed E-state index contributed by atoms with van der Waals surface area (Å²) < 4.78 is 13.0. The predicted molar refractivity (Wildman–Crippen MR) is 159 cm³/mol. The van der Waals surface area contributed by atoms with Crippen LogP contribution in [0.2, 0.25) is 0 Å². The Morgan fingerprint density at radius 2 is 2.00 bits per heavy atom. The van der Waals surface area contributed by atoms with Crippen LogP contribution in [-0.2, 0) is 9.53 Å². The zero-order chi connectivity index (χ0) is 29.5. The molecule has 2 aliphatic rings. The topological polar surface area (TPSA) is 128 Å². The highest BCUT2D eigenvalue weighted by atomic mass is 16.5. The first-order chi connectivity index (χ1) is 20.4. The lowest BCUT2D eigenvalue weighted by atomic mass is 9.86. The molecular formula is C31H41N7O4. The number of hydrogen-bond acceptors (Lipinski definition) is 9.